The summed E-state index contributed by atoms with van der Waals surface area (Å²) in [6, 6.07) is 8.05. The van der Waals surface area contributed by atoms with E-state index in [1.54, 1.807) is 18.6 Å². The van der Waals surface area contributed by atoms with Gasteiger partial charge in [0.15, 0.2) is 0 Å². The monoisotopic (exact) mass is 453 g/mol. The molecule has 0 aliphatic carbocycles. The lowest BCUT2D eigenvalue weighted by molar-refractivity contribution is 0.0630. The molecule has 1 aromatic carbocycles. The number of amides is 1. The second-order valence-electron chi connectivity index (χ2n) is 7.28. The number of pyridine rings is 1. The maximum absolute atomic E-state index is 13.5. The molecule has 7 heteroatoms. The van der Waals surface area contributed by atoms with Crippen LogP contribution in [0.15, 0.2) is 47.3 Å². The van der Waals surface area contributed by atoms with Gasteiger partial charge in [-0.25, -0.2) is 9.97 Å². The van der Waals surface area contributed by atoms with Crippen molar-refractivity contribution in [2.45, 2.75) is 38.6 Å². The second-order valence-corrected chi connectivity index (χ2v) is 8.19. The van der Waals surface area contributed by atoms with Gasteiger partial charge in [0, 0.05) is 43.1 Å². The normalized spacial score (nSPS) is 16.8. The van der Waals surface area contributed by atoms with Crippen molar-refractivity contribution in [3.05, 3.63) is 58.5 Å². The highest BCUT2D eigenvalue weighted by molar-refractivity contribution is 9.10. The highest BCUT2D eigenvalue weighted by Crippen LogP contribution is 2.25. The zero-order valence-electron chi connectivity index (χ0n) is 16.4. The molecule has 1 atom stereocenters. The molecule has 150 valence electrons. The fourth-order valence-electron chi connectivity index (χ4n) is 3.96. The Balaban J connectivity index is 1.57. The van der Waals surface area contributed by atoms with Gasteiger partial charge in [0.1, 0.15) is 0 Å². The maximum atomic E-state index is 13.5. The van der Waals surface area contributed by atoms with Gasteiger partial charge in [-0.2, -0.15) is 0 Å². The van der Waals surface area contributed by atoms with Crippen LogP contribution in [0, 0.1) is 0 Å². The van der Waals surface area contributed by atoms with Gasteiger partial charge in [-0.1, -0.05) is 19.1 Å². The van der Waals surface area contributed by atoms with Crippen LogP contribution in [0.4, 0.5) is 5.95 Å². The molecule has 1 saturated heterocycles. The zero-order valence-corrected chi connectivity index (χ0v) is 18.0. The number of para-hydroxylation sites is 1. The quantitative estimate of drug-likeness (QED) is 0.617. The molecule has 2 aromatic heterocycles. The fourth-order valence-corrected chi connectivity index (χ4v) is 4.17. The molecule has 0 unspecified atom stereocenters. The summed E-state index contributed by atoms with van der Waals surface area (Å²) in [4.78, 5) is 28.6. The van der Waals surface area contributed by atoms with Crippen molar-refractivity contribution < 1.29 is 4.79 Å². The third kappa shape index (κ3) is 4.24. The van der Waals surface area contributed by atoms with Crippen LogP contribution in [0.25, 0.3) is 10.9 Å². The lowest BCUT2D eigenvalue weighted by atomic mass is 9.98. The molecule has 0 saturated carbocycles. The minimum atomic E-state index is 0.0552. The topological polar surface area (TPSA) is 71.0 Å². The van der Waals surface area contributed by atoms with Crippen LogP contribution in [-0.4, -0.2) is 44.9 Å². The van der Waals surface area contributed by atoms with Crippen molar-refractivity contribution >= 4 is 38.7 Å². The zero-order chi connectivity index (χ0) is 20.2. The first kappa shape index (κ1) is 19.8. The SMILES string of the molecule is CCc1ccnc2c(C(=O)N3CCCC[C@H]3CNc3ncc(Br)cn3)cccc12. The predicted molar refractivity (Wildman–Crippen MR) is 118 cm³/mol. The molecule has 0 spiro atoms. The number of carbonyl (C=O) groups is 1. The molecular weight excluding hydrogens is 430 g/mol. The van der Waals surface area contributed by atoms with E-state index in [2.05, 4.69) is 49.2 Å². The van der Waals surface area contributed by atoms with Gasteiger partial charge in [-0.3, -0.25) is 9.78 Å². The average Bonchev–Trinajstić information content (AvgIpc) is 2.77. The maximum Gasteiger partial charge on any atom is 0.256 e. The second kappa shape index (κ2) is 8.86. The number of hydrogen-bond donors (Lipinski definition) is 1. The molecule has 1 N–H and O–H groups in total. The molecule has 3 aromatic rings. The van der Waals surface area contributed by atoms with Crippen molar-refractivity contribution in [1.29, 1.82) is 0 Å². The molecule has 1 aliphatic heterocycles. The Kier molecular flexibility index (Phi) is 6.04. The Morgan fingerprint density at radius 1 is 1.21 bits per heavy atom. The number of nitrogens with one attached hydrogen (secondary N) is 1. The Morgan fingerprint density at radius 2 is 2.03 bits per heavy atom. The van der Waals surface area contributed by atoms with Crippen molar-refractivity contribution in [1.82, 2.24) is 19.9 Å². The van der Waals surface area contributed by atoms with Gasteiger partial charge < -0.3 is 10.2 Å². The van der Waals surface area contributed by atoms with Crippen molar-refractivity contribution in [3.63, 3.8) is 0 Å². The number of aromatic nitrogens is 3. The van der Waals surface area contributed by atoms with E-state index >= 15 is 0 Å². The summed E-state index contributed by atoms with van der Waals surface area (Å²) in [6.45, 7) is 3.52. The Morgan fingerprint density at radius 3 is 2.83 bits per heavy atom. The van der Waals surface area contributed by atoms with E-state index < -0.39 is 0 Å². The number of nitrogens with zero attached hydrogens (tertiary/aromatic N) is 4. The van der Waals surface area contributed by atoms with Gasteiger partial charge in [0.25, 0.3) is 5.91 Å². The highest BCUT2D eigenvalue weighted by Gasteiger charge is 2.28. The number of fused-ring (bicyclic) bond motifs is 1. The van der Waals surface area contributed by atoms with E-state index in [0.717, 1.165) is 47.6 Å². The predicted octanol–water partition coefficient (Wildman–Crippen LogP) is 4.46. The van der Waals surface area contributed by atoms with E-state index in [-0.39, 0.29) is 11.9 Å². The highest BCUT2D eigenvalue weighted by atomic mass is 79.9. The number of benzene rings is 1. The Bertz CT molecular complexity index is 1010. The molecule has 1 aliphatic rings. The third-order valence-electron chi connectivity index (χ3n) is 5.48. The summed E-state index contributed by atoms with van der Waals surface area (Å²) in [7, 11) is 0. The number of hydrogen-bond acceptors (Lipinski definition) is 5. The van der Waals surface area contributed by atoms with E-state index in [4.69, 9.17) is 0 Å². The van der Waals surface area contributed by atoms with E-state index in [0.29, 0.717) is 18.1 Å². The van der Waals surface area contributed by atoms with Gasteiger partial charge >= 0.3 is 0 Å². The number of rotatable bonds is 5. The summed E-state index contributed by atoms with van der Waals surface area (Å²) < 4.78 is 0.840. The Hall–Kier alpha value is -2.54. The minimum Gasteiger partial charge on any atom is -0.352 e. The molecule has 6 nitrogen and oxygen atoms in total. The molecule has 0 bridgehead atoms. The van der Waals surface area contributed by atoms with Crippen molar-refractivity contribution in [2.75, 3.05) is 18.4 Å². The lowest BCUT2D eigenvalue weighted by Crippen LogP contribution is -2.47. The van der Waals surface area contributed by atoms with Gasteiger partial charge in [-0.15, -0.1) is 0 Å². The van der Waals surface area contributed by atoms with Crippen molar-refractivity contribution in [3.8, 4) is 0 Å². The molecular formula is C22H24BrN5O. The van der Waals surface area contributed by atoms with Crippen LogP contribution in [0.2, 0.25) is 0 Å². The number of likely N-dealkylation sites (tertiary alicyclic amines) is 1. The summed E-state index contributed by atoms with van der Waals surface area (Å²) in [5.41, 5.74) is 2.70. The fraction of sp³-hybridized carbons (Fsp3) is 0.364. The van der Waals surface area contributed by atoms with Crippen LogP contribution in [0.5, 0.6) is 0 Å². The van der Waals surface area contributed by atoms with Gasteiger partial charge in [0.2, 0.25) is 5.95 Å². The van der Waals surface area contributed by atoms with Crippen LogP contribution in [0.3, 0.4) is 0 Å². The molecule has 1 fully saturated rings. The summed E-state index contributed by atoms with van der Waals surface area (Å²) in [5, 5.41) is 4.35. The lowest BCUT2D eigenvalue weighted by Gasteiger charge is -2.36. The molecule has 0 radical (unpaired) electrons. The molecule has 3 heterocycles. The smallest absolute Gasteiger partial charge is 0.256 e. The number of aryl methyl sites for hydroxylation is 1. The number of halogens is 1. The number of carbonyl (C=O) groups excluding carboxylic acids is 1. The van der Waals surface area contributed by atoms with E-state index in [1.807, 2.05) is 23.1 Å². The Labute approximate surface area is 178 Å². The number of piperidine rings is 1. The van der Waals surface area contributed by atoms with Gasteiger partial charge in [-0.05, 0) is 59.3 Å². The number of anilines is 1. The van der Waals surface area contributed by atoms with Crippen LogP contribution >= 0.6 is 15.9 Å². The van der Waals surface area contributed by atoms with Crippen LogP contribution in [0.1, 0.15) is 42.1 Å². The first-order valence-electron chi connectivity index (χ1n) is 10.1. The van der Waals surface area contributed by atoms with Crippen molar-refractivity contribution in [2.24, 2.45) is 0 Å². The van der Waals surface area contributed by atoms with E-state index in [9.17, 15) is 4.79 Å². The summed E-state index contributed by atoms with van der Waals surface area (Å²) in [6.07, 6.45) is 9.25. The summed E-state index contributed by atoms with van der Waals surface area (Å²) in [5.74, 6) is 0.630. The standard InChI is InChI=1S/C22H24BrN5O/c1-2-15-9-10-24-20-18(15)7-5-8-19(20)21(29)28-11-4-3-6-17(28)14-27-22-25-12-16(23)13-26-22/h5,7-10,12-13,17H,2-4,6,11,14H2,1H3,(H,25,26,27)/t17-/m0/s1. The molecule has 1 amide bonds. The first-order chi connectivity index (χ1) is 14.2. The summed E-state index contributed by atoms with van der Waals surface area (Å²) >= 11 is 3.35. The molecule has 29 heavy (non-hydrogen) atoms. The van der Waals surface area contributed by atoms with Crippen LogP contribution in [-0.2, 0) is 6.42 Å². The molecule has 4 rings (SSSR count). The van der Waals surface area contributed by atoms with E-state index in [1.165, 1.54) is 5.56 Å². The average molecular weight is 454 g/mol. The third-order valence-corrected chi connectivity index (χ3v) is 5.89. The minimum absolute atomic E-state index is 0.0552. The largest absolute Gasteiger partial charge is 0.352 e. The van der Waals surface area contributed by atoms with Gasteiger partial charge in [0.05, 0.1) is 15.6 Å². The van der Waals surface area contributed by atoms with Crippen LogP contribution < -0.4 is 5.32 Å². The first-order valence-corrected chi connectivity index (χ1v) is 10.9.